The highest BCUT2D eigenvalue weighted by Crippen LogP contribution is 2.27. The lowest BCUT2D eigenvalue weighted by atomic mass is 10.2. The van der Waals surface area contributed by atoms with E-state index < -0.39 is 16.0 Å². The van der Waals surface area contributed by atoms with Crippen molar-refractivity contribution in [3.63, 3.8) is 0 Å². The lowest BCUT2D eigenvalue weighted by Crippen LogP contribution is -2.31. The Balaban J connectivity index is 1.85. The number of esters is 1. The Labute approximate surface area is 170 Å². The molecule has 0 spiro atoms. The van der Waals surface area contributed by atoms with Crippen LogP contribution in [0.3, 0.4) is 0 Å². The Morgan fingerprint density at radius 1 is 1.25 bits per heavy atom. The number of benzene rings is 2. The molecule has 0 aliphatic carbocycles. The van der Waals surface area contributed by atoms with Crippen LogP contribution in [0.1, 0.15) is 30.1 Å². The van der Waals surface area contributed by atoms with Crippen LogP contribution in [0.15, 0.2) is 53.4 Å². The number of ether oxygens (including phenoxy) is 2. The molecule has 1 unspecified atom stereocenters. The smallest absolute Gasteiger partial charge is 0.339 e. The monoisotopic (exact) mass is 423 g/mol. The van der Waals surface area contributed by atoms with Gasteiger partial charge in [0.15, 0.2) is 0 Å². The van der Waals surface area contributed by atoms with Gasteiger partial charge in [-0.25, -0.2) is 13.2 Å². The van der Waals surface area contributed by atoms with E-state index in [1.807, 2.05) is 6.07 Å². The molecular weight excluding hydrogens is 402 g/mol. The first-order valence-corrected chi connectivity index (χ1v) is 10.9. The summed E-state index contributed by atoms with van der Waals surface area (Å²) in [6, 6.07) is 12.8. The van der Waals surface area contributed by atoms with Gasteiger partial charge >= 0.3 is 5.97 Å². The van der Waals surface area contributed by atoms with Crippen LogP contribution in [0.4, 0.5) is 5.69 Å². The zero-order valence-electron chi connectivity index (χ0n) is 15.5. The maximum Gasteiger partial charge on any atom is 0.339 e. The topological polar surface area (TPSA) is 72.9 Å². The molecule has 0 saturated carbocycles. The van der Waals surface area contributed by atoms with Crippen molar-refractivity contribution in [2.75, 3.05) is 24.1 Å². The average molecular weight is 424 g/mol. The first-order chi connectivity index (χ1) is 13.4. The molecule has 8 heteroatoms. The van der Waals surface area contributed by atoms with E-state index in [-0.39, 0.29) is 34.7 Å². The molecule has 2 aromatic rings. The first kappa shape index (κ1) is 20.6. The largest absolute Gasteiger partial charge is 0.459 e. The number of sulfonamides is 1. The van der Waals surface area contributed by atoms with Gasteiger partial charge in [0.05, 0.1) is 27.3 Å². The predicted octanol–water partition coefficient (Wildman–Crippen LogP) is 3.89. The molecule has 150 valence electrons. The summed E-state index contributed by atoms with van der Waals surface area (Å²) in [6.07, 6.45) is 1.64. The second-order valence-corrected chi connectivity index (χ2v) is 8.65. The van der Waals surface area contributed by atoms with Gasteiger partial charge in [-0.2, -0.15) is 0 Å². The maximum absolute atomic E-state index is 13.1. The normalized spacial score (nSPS) is 16.7. The average Bonchev–Trinajstić information content (AvgIpc) is 3.21. The van der Waals surface area contributed by atoms with Crippen molar-refractivity contribution < 1.29 is 22.7 Å². The number of hydrogen-bond acceptors (Lipinski definition) is 5. The van der Waals surface area contributed by atoms with Gasteiger partial charge in [-0.3, -0.25) is 4.31 Å². The van der Waals surface area contributed by atoms with Crippen molar-refractivity contribution >= 4 is 33.3 Å². The Bertz CT molecular complexity index is 927. The first-order valence-electron chi connectivity index (χ1n) is 9.09. The molecule has 1 fully saturated rings. The molecule has 0 bridgehead atoms. The molecule has 0 amide bonds. The van der Waals surface area contributed by atoms with Gasteiger partial charge in [0, 0.05) is 13.2 Å². The van der Waals surface area contributed by atoms with Crippen LogP contribution >= 0.6 is 11.6 Å². The van der Waals surface area contributed by atoms with Gasteiger partial charge in [-0.1, -0.05) is 29.8 Å². The highest BCUT2D eigenvalue weighted by atomic mass is 35.5. The molecule has 0 N–H and O–H groups in total. The van der Waals surface area contributed by atoms with E-state index in [1.165, 1.54) is 22.5 Å². The third kappa shape index (κ3) is 4.48. The third-order valence-electron chi connectivity index (χ3n) is 4.50. The number of carbonyl (C=O) groups is 1. The van der Waals surface area contributed by atoms with Crippen LogP contribution in [0.2, 0.25) is 5.02 Å². The van der Waals surface area contributed by atoms with Crippen molar-refractivity contribution in [3.8, 4) is 0 Å². The minimum atomic E-state index is -3.87. The summed E-state index contributed by atoms with van der Waals surface area (Å²) in [5.41, 5.74) is 0.562. The van der Waals surface area contributed by atoms with Gasteiger partial charge < -0.3 is 9.47 Å². The number of hydrogen-bond donors (Lipinski definition) is 0. The number of nitrogens with zero attached hydrogens (tertiary/aromatic N) is 1. The molecule has 1 aliphatic heterocycles. The molecule has 3 rings (SSSR count). The second kappa shape index (κ2) is 8.94. The van der Waals surface area contributed by atoms with Crippen LogP contribution in [-0.2, 0) is 19.5 Å². The summed E-state index contributed by atoms with van der Waals surface area (Å²) in [6.45, 7) is 2.77. The predicted molar refractivity (Wildman–Crippen MR) is 107 cm³/mol. The zero-order chi connectivity index (χ0) is 20.1. The van der Waals surface area contributed by atoms with E-state index >= 15 is 0 Å². The fourth-order valence-electron chi connectivity index (χ4n) is 3.06. The van der Waals surface area contributed by atoms with Gasteiger partial charge in [-0.15, -0.1) is 0 Å². The fraction of sp³-hybridized carbons (Fsp3) is 0.350. The van der Waals surface area contributed by atoms with E-state index in [9.17, 15) is 13.2 Å². The summed E-state index contributed by atoms with van der Waals surface area (Å²) in [4.78, 5) is 12.4. The van der Waals surface area contributed by atoms with Crippen molar-refractivity contribution in [1.29, 1.82) is 0 Å². The molecule has 0 aromatic heterocycles. The molecule has 1 atom stereocenters. The molecule has 28 heavy (non-hydrogen) atoms. The number of carbonyl (C=O) groups excluding carboxylic acids is 1. The lowest BCUT2D eigenvalue weighted by Gasteiger charge is -2.23. The van der Waals surface area contributed by atoms with Crippen LogP contribution in [0, 0.1) is 0 Å². The number of para-hydroxylation sites is 1. The van der Waals surface area contributed by atoms with Crippen LogP contribution in [-0.4, -0.2) is 40.2 Å². The van der Waals surface area contributed by atoms with Crippen LogP contribution in [0.5, 0.6) is 0 Å². The van der Waals surface area contributed by atoms with Crippen molar-refractivity contribution in [2.24, 2.45) is 0 Å². The van der Waals surface area contributed by atoms with E-state index in [4.69, 9.17) is 21.1 Å². The minimum Gasteiger partial charge on any atom is -0.459 e. The standard InChI is InChI=1S/C20H22ClNO5S/c1-2-22(15-7-4-3-5-8-15)28(24,25)17-10-11-19(21)18(13-17)20(23)27-14-16-9-6-12-26-16/h3-5,7-8,10-11,13,16H,2,6,9,12,14H2,1H3. The number of anilines is 1. The minimum absolute atomic E-state index is 0.0184. The van der Waals surface area contributed by atoms with Crippen molar-refractivity contribution in [3.05, 3.63) is 59.1 Å². The number of rotatable bonds is 7. The van der Waals surface area contributed by atoms with Crippen molar-refractivity contribution in [1.82, 2.24) is 0 Å². The SMILES string of the molecule is CCN(c1ccccc1)S(=O)(=O)c1ccc(Cl)c(C(=O)OCC2CCCO2)c1. The van der Waals surface area contributed by atoms with Gasteiger partial charge in [0.25, 0.3) is 10.0 Å². The molecule has 1 aliphatic rings. The Hall–Kier alpha value is -2.09. The molecular formula is C20H22ClNO5S. The maximum atomic E-state index is 13.1. The van der Waals surface area contributed by atoms with Gasteiger partial charge in [-0.05, 0) is 50.1 Å². The molecule has 6 nitrogen and oxygen atoms in total. The summed E-state index contributed by atoms with van der Waals surface area (Å²) in [7, 11) is -3.87. The summed E-state index contributed by atoms with van der Waals surface area (Å²) in [5.74, 6) is -0.666. The quantitative estimate of drug-likeness (QED) is 0.631. The van der Waals surface area contributed by atoms with Crippen molar-refractivity contribution in [2.45, 2.75) is 30.8 Å². The van der Waals surface area contributed by atoms with Crippen LogP contribution in [0.25, 0.3) is 0 Å². The van der Waals surface area contributed by atoms with Gasteiger partial charge in [0.2, 0.25) is 0 Å². The summed E-state index contributed by atoms with van der Waals surface area (Å²) >= 11 is 6.13. The fourth-order valence-corrected chi connectivity index (χ4v) is 4.75. The molecule has 0 radical (unpaired) electrons. The van der Waals surface area contributed by atoms with Gasteiger partial charge in [0.1, 0.15) is 6.61 Å². The zero-order valence-corrected chi connectivity index (χ0v) is 17.1. The number of halogens is 1. The van der Waals surface area contributed by atoms with E-state index in [0.29, 0.717) is 12.3 Å². The van der Waals surface area contributed by atoms with Crippen LogP contribution < -0.4 is 4.31 Å². The Morgan fingerprint density at radius 3 is 2.64 bits per heavy atom. The molecule has 1 heterocycles. The third-order valence-corrected chi connectivity index (χ3v) is 6.73. The summed E-state index contributed by atoms with van der Waals surface area (Å²) in [5, 5.41) is 0.138. The van der Waals surface area contributed by atoms with E-state index in [0.717, 1.165) is 12.8 Å². The molecule has 1 saturated heterocycles. The Kier molecular flexibility index (Phi) is 6.59. The Morgan fingerprint density at radius 2 is 2.00 bits per heavy atom. The summed E-state index contributed by atoms with van der Waals surface area (Å²) < 4.78 is 38.2. The lowest BCUT2D eigenvalue weighted by molar-refractivity contribution is 0.0161. The molecule has 2 aromatic carbocycles. The highest BCUT2D eigenvalue weighted by molar-refractivity contribution is 7.92. The highest BCUT2D eigenvalue weighted by Gasteiger charge is 2.26. The van der Waals surface area contributed by atoms with E-state index in [2.05, 4.69) is 0 Å². The van der Waals surface area contributed by atoms with E-state index in [1.54, 1.807) is 31.2 Å². The second-order valence-electron chi connectivity index (χ2n) is 6.38.